The molecular formula is C22H35N3O5. The van der Waals surface area contributed by atoms with E-state index >= 15 is 0 Å². The third-order valence-corrected chi connectivity index (χ3v) is 4.34. The first-order chi connectivity index (χ1) is 14.3. The standard InChI is InChI=1S/C17H25N3O3.C5H10O2/c21-16(19-11-8-14-6-9-18-10-7-14)12-20-17(22)23-13-15-4-2-1-3-5-15;1-5(2,3)7-4-6/h1-5,14,18H,6-13H2,(H,19,21)(H,20,22);4H,1-3H3. The number of piperidine rings is 1. The van der Waals surface area contributed by atoms with Gasteiger partial charge in [-0.25, -0.2) is 4.79 Å². The fraction of sp³-hybridized carbons (Fsp3) is 0.591. The van der Waals surface area contributed by atoms with Crippen LogP contribution in [0.25, 0.3) is 0 Å². The SMILES string of the molecule is CC(C)(C)OC=O.O=C(CNC(=O)OCc1ccccc1)NCCC1CCNCC1. The molecule has 0 atom stereocenters. The fourth-order valence-corrected chi connectivity index (χ4v) is 2.72. The van der Waals surface area contributed by atoms with Gasteiger partial charge in [-0.1, -0.05) is 30.3 Å². The van der Waals surface area contributed by atoms with Gasteiger partial charge in [0, 0.05) is 6.54 Å². The maximum Gasteiger partial charge on any atom is 0.407 e. The summed E-state index contributed by atoms with van der Waals surface area (Å²) < 4.78 is 9.59. The molecule has 30 heavy (non-hydrogen) atoms. The molecule has 1 aromatic rings. The van der Waals surface area contributed by atoms with Crippen LogP contribution in [-0.4, -0.2) is 50.3 Å². The summed E-state index contributed by atoms with van der Waals surface area (Å²) in [4.78, 5) is 32.8. The molecule has 1 fully saturated rings. The summed E-state index contributed by atoms with van der Waals surface area (Å²) in [6.07, 6.45) is 2.74. The molecule has 1 aromatic carbocycles. The van der Waals surface area contributed by atoms with Crippen molar-refractivity contribution in [1.29, 1.82) is 0 Å². The van der Waals surface area contributed by atoms with Crippen molar-refractivity contribution in [2.75, 3.05) is 26.2 Å². The first-order valence-electron chi connectivity index (χ1n) is 10.3. The summed E-state index contributed by atoms with van der Waals surface area (Å²) in [6.45, 7) is 8.85. The van der Waals surface area contributed by atoms with Gasteiger partial charge in [0.2, 0.25) is 5.91 Å². The smallest absolute Gasteiger partial charge is 0.407 e. The van der Waals surface area contributed by atoms with Gasteiger partial charge >= 0.3 is 6.09 Å². The number of alkyl carbamates (subject to hydrolysis) is 1. The molecule has 0 radical (unpaired) electrons. The number of carbonyl (C=O) groups excluding carboxylic acids is 3. The number of benzene rings is 1. The largest absolute Gasteiger partial charge is 0.462 e. The number of carbonyl (C=O) groups is 3. The van der Waals surface area contributed by atoms with Crippen molar-refractivity contribution in [2.24, 2.45) is 5.92 Å². The monoisotopic (exact) mass is 421 g/mol. The summed E-state index contributed by atoms with van der Waals surface area (Å²) in [5, 5.41) is 8.61. The zero-order valence-electron chi connectivity index (χ0n) is 18.2. The first kappa shape index (κ1) is 25.4. The van der Waals surface area contributed by atoms with E-state index in [2.05, 4.69) is 20.7 Å². The van der Waals surface area contributed by atoms with Crippen LogP contribution < -0.4 is 16.0 Å². The van der Waals surface area contributed by atoms with Crippen LogP contribution in [0.5, 0.6) is 0 Å². The van der Waals surface area contributed by atoms with Gasteiger partial charge in [0.25, 0.3) is 6.47 Å². The highest BCUT2D eigenvalue weighted by molar-refractivity contribution is 5.82. The van der Waals surface area contributed by atoms with Crippen LogP contribution >= 0.6 is 0 Å². The first-order valence-corrected chi connectivity index (χ1v) is 10.3. The Morgan fingerprint density at radius 1 is 1.13 bits per heavy atom. The van der Waals surface area contributed by atoms with Crippen LogP contribution in [0.15, 0.2) is 30.3 Å². The molecule has 1 heterocycles. The van der Waals surface area contributed by atoms with Gasteiger partial charge in [-0.15, -0.1) is 0 Å². The van der Waals surface area contributed by atoms with Crippen molar-refractivity contribution in [3.05, 3.63) is 35.9 Å². The summed E-state index contributed by atoms with van der Waals surface area (Å²) in [5.74, 6) is 0.496. The number of hydrogen-bond donors (Lipinski definition) is 3. The molecule has 0 aromatic heterocycles. The average molecular weight is 422 g/mol. The van der Waals surface area contributed by atoms with Gasteiger partial charge < -0.3 is 25.4 Å². The Labute approximate surface area is 179 Å². The normalized spacial score (nSPS) is 14.0. The van der Waals surface area contributed by atoms with Crippen LogP contribution in [0.4, 0.5) is 4.79 Å². The van der Waals surface area contributed by atoms with Gasteiger partial charge in [0.1, 0.15) is 12.2 Å². The van der Waals surface area contributed by atoms with Crippen LogP contribution in [0.2, 0.25) is 0 Å². The van der Waals surface area contributed by atoms with E-state index in [4.69, 9.17) is 4.74 Å². The van der Waals surface area contributed by atoms with E-state index in [0.29, 0.717) is 18.9 Å². The summed E-state index contributed by atoms with van der Waals surface area (Å²) in [7, 11) is 0. The number of nitrogens with one attached hydrogen (secondary N) is 3. The second-order valence-electron chi connectivity index (χ2n) is 8.07. The second-order valence-corrected chi connectivity index (χ2v) is 8.07. The predicted molar refractivity (Wildman–Crippen MR) is 115 cm³/mol. The van der Waals surface area contributed by atoms with Crippen molar-refractivity contribution in [3.63, 3.8) is 0 Å². The quantitative estimate of drug-likeness (QED) is 0.557. The van der Waals surface area contributed by atoms with Gasteiger partial charge in [-0.05, 0) is 64.6 Å². The van der Waals surface area contributed by atoms with E-state index < -0.39 is 6.09 Å². The molecule has 2 amide bonds. The molecule has 168 valence electrons. The average Bonchev–Trinajstić information content (AvgIpc) is 2.72. The Balaban J connectivity index is 0.000000553. The molecule has 0 spiro atoms. The summed E-state index contributed by atoms with van der Waals surface area (Å²) in [6, 6.07) is 9.41. The zero-order valence-corrected chi connectivity index (χ0v) is 18.2. The zero-order chi connectivity index (χ0) is 22.2. The van der Waals surface area contributed by atoms with E-state index in [0.717, 1.165) is 25.1 Å². The van der Waals surface area contributed by atoms with E-state index in [1.165, 1.54) is 12.8 Å². The third kappa shape index (κ3) is 13.5. The summed E-state index contributed by atoms with van der Waals surface area (Å²) in [5.41, 5.74) is 0.593. The highest BCUT2D eigenvalue weighted by Gasteiger charge is 2.13. The molecule has 8 heteroatoms. The molecule has 0 unspecified atom stereocenters. The predicted octanol–water partition coefficient (Wildman–Crippen LogP) is 2.38. The third-order valence-electron chi connectivity index (χ3n) is 4.34. The minimum atomic E-state index is -0.581. The van der Waals surface area contributed by atoms with Gasteiger partial charge in [-0.2, -0.15) is 0 Å². The van der Waals surface area contributed by atoms with Crippen LogP contribution in [0.1, 0.15) is 45.6 Å². The highest BCUT2D eigenvalue weighted by atomic mass is 16.5. The molecule has 0 saturated carbocycles. The van der Waals surface area contributed by atoms with Gasteiger partial charge in [0.15, 0.2) is 0 Å². The van der Waals surface area contributed by atoms with Crippen molar-refractivity contribution >= 4 is 18.5 Å². The van der Waals surface area contributed by atoms with Crippen molar-refractivity contribution in [1.82, 2.24) is 16.0 Å². The Bertz CT molecular complexity index is 625. The lowest BCUT2D eigenvalue weighted by atomic mass is 9.95. The topological polar surface area (TPSA) is 106 Å². The van der Waals surface area contributed by atoms with Crippen LogP contribution in [0.3, 0.4) is 0 Å². The van der Waals surface area contributed by atoms with E-state index in [9.17, 15) is 14.4 Å². The Morgan fingerprint density at radius 2 is 1.80 bits per heavy atom. The van der Waals surface area contributed by atoms with Crippen LogP contribution in [0, 0.1) is 5.92 Å². The lowest BCUT2D eigenvalue weighted by Gasteiger charge is -2.22. The highest BCUT2D eigenvalue weighted by Crippen LogP contribution is 2.14. The molecular weight excluding hydrogens is 386 g/mol. The van der Waals surface area contributed by atoms with E-state index in [-0.39, 0.29) is 24.7 Å². The second kappa shape index (κ2) is 14.4. The fourth-order valence-electron chi connectivity index (χ4n) is 2.72. The number of ether oxygens (including phenoxy) is 2. The Hall–Kier alpha value is -2.61. The molecule has 1 aliphatic heterocycles. The molecule has 2 rings (SSSR count). The molecule has 0 bridgehead atoms. The molecule has 1 aliphatic rings. The van der Waals surface area contributed by atoms with Gasteiger partial charge in [-0.3, -0.25) is 9.59 Å². The van der Waals surface area contributed by atoms with Crippen LogP contribution in [-0.2, 0) is 25.7 Å². The Morgan fingerprint density at radius 3 is 2.37 bits per heavy atom. The number of amides is 2. The molecule has 0 aliphatic carbocycles. The maximum atomic E-state index is 11.7. The lowest BCUT2D eigenvalue weighted by Crippen LogP contribution is -2.38. The van der Waals surface area contributed by atoms with E-state index in [1.807, 2.05) is 51.1 Å². The van der Waals surface area contributed by atoms with E-state index in [1.54, 1.807) is 0 Å². The number of rotatable bonds is 8. The minimum Gasteiger partial charge on any atom is -0.462 e. The minimum absolute atomic E-state index is 0.0557. The molecule has 1 saturated heterocycles. The number of hydrogen-bond acceptors (Lipinski definition) is 6. The lowest BCUT2D eigenvalue weighted by molar-refractivity contribution is -0.138. The summed E-state index contributed by atoms with van der Waals surface area (Å²) >= 11 is 0. The molecule has 8 nitrogen and oxygen atoms in total. The van der Waals surface area contributed by atoms with Gasteiger partial charge in [0.05, 0.1) is 6.54 Å². The molecule has 3 N–H and O–H groups in total. The van der Waals surface area contributed by atoms with Crippen molar-refractivity contribution in [3.8, 4) is 0 Å². The Kier molecular flexibility index (Phi) is 12.2. The van der Waals surface area contributed by atoms with Crippen molar-refractivity contribution in [2.45, 2.75) is 52.2 Å². The van der Waals surface area contributed by atoms with Crippen molar-refractivity contribution < 1.29 is 23.9 Å². The maximum absolute atomic E-state index is 11.7.